The Labute approximate surface area is 179 Å². The zero-order valence-electron chi connectivity index (χ0n) is 17.0. The lowest BCUT2D eigenvalue weighted by molar-refractivity contribution is -0.113. The smallest absolute Gasteiger partial charge is 0.319 e. The highest BCUT2D eigenvalue weighted by Crippen LogP contribution is 2.40. The van der Waals surface area contributed by atoms with E-state index in [9.17, 15) is 9.59 Å². The van der Waals surface area contributed by atoms with E-state index in [1.54, 1.807) is 43.3 Å². The molecule has 8 nitrogen and oxygen atoms in total. The molecular formula is C21H22ClN3O5. The van der Waals surface area contributed by atoms with Crippen LogP contribution in [-0.4, -0.2) is 33.3 Å². The second-order valence-corrected chi connectivity index (χ2v) is 6.92. The summed E-state index contributed by atoms with van der Waals surface area (Å²) in [5.74, 6) is 0.955. The van der Waals surface area contributed by atoms with E-state index in [4.69, 9.17) is 25.8 Å². The number of methoxy groups -OCH3 is 3. The predicted molar refractivity (Wildman–Crippen MR) is 113 cm³/mol. The van der Waals surface area contributed by atoms with Crippen molar-refractivity contribution in [2.75, 3.05) is 26.6 Å². The SMILES string of the molecule is COc1cc(OC)c(C2NC(=O)NC(C)=C2C(=O)Nc2ccc(Cl)cc2)cc1OC. The molecule has 1 aliphatic rings. The maximum Gasteiger partial charge on any atom is 0.319 e. The molecular weight excluding hydrogens is 410 g/mol. The van der Waals surface area contributed by atoms with Gasteiger partial charge < -0.3 is 30.2 Å². The number of allylic oxidation sites excluding steroid dienone is 1. The second-order valence-electron chi connectivity index (χ2n) is 6.48. The molecule has 3 N–H and O–H groups in total. The molecule has 0 radical (unpaired) electrons. The van der Waals surface area contributed by atoms with Gasteiger partial charge in [-0.1, -0.05) is 11.6 Å². The molecule has 0 fully saturated rings. The Bertz CT molecular complexity index is 1000. The van der Waals surface area contributed by atoms with E-state index in [0.29, 0.717) is 44.8 Å². The monoisotopic (exact) mass is 431 g/mol. The first-order chi connectivity index (χ1) is 14.4. The number of halogens is 1. The lowest BCUT2D eigenvalue weighted by Crippen LogP contribution is -2.46. The maximum atomic E-state index is 13.1. The first-order valence-corrected chi connectivity index (χ1v) is 9.40. The minimum absolute atomic E-state index is 0.329. The van der Waals surface area contributed by atoms with E-state index < -0.39 is 12.1 Å². The topological polar surface area (TPSA) is 97.9 Å². The molecule has 1 aliphatic heterocycles. The molecule has 0 bridgehead atoms. The van der Waals surface area contributed by atoms with E-state index in [2.05, 4.69) is 16.0 Å². The molecule has 0 aromatic heterocycles. The van der Waals surface area contributed by atoms with Crippen molar-refractivity contribution in [3.8, 4) is 17.2 Å². The summed E-state index contributed by atoms with van der Waals surface area (Å²) in [6.45, 7) is 1.66. The third kappa shape index (κ3) is 4.28. The van der Waals surface area contributed by atoms with E-state index >= 15 is 0 Å². The van der Waals surface area contributed by atoms with Gasteiger partial charge in [-0.15, -0.1) is 0 Å². The van der Waals surface area contributed by atoms with Crippen molar-refractivity contribution >= 4 is 29.2 Å². The Kier molecular flexibility index (Phi) is 6.37. The Morgan fingerprint density at radius 1 is 1.00 bits per heavy atom. The Morgan fingerprint density at radius 3 is 2.20 bits per heavy atom. The van der Waals surface area contributed by atoms with Crippen molar-refractivity contribution in [1.29, 1.82) is 0 Å². The predicted octanol–water partition coefficient (Wildman–Crippen LogP) is 3.63. The summed E-state index contributed by atoms with van der Waals surface area (Å²) < 4.78 is 16.2. The number of benzene rings is 2. The largest absolute Gasteiger partial charge is 0.496 e. The normalized spacial score (nSPS) is 15.8. The zero-order chi connectivity index (χ0) is 21.8. The van der Waals surface area contributed by atoms with Crippen LogP contribution in [0.3, 0.4) is 0 Å². The highest BCUT2D eigenvalue weighted by atomic mass is 35.5. The van der Waals surface area contributed by atoms with Crippen LogP contribution in [0.1, 0.15) is 18.5 Å². The van der Waals surface area contributed by atoms with Crippen LogP contribution in [0.25, 0.3) is 0 Å². The molecule has 1 heterocycles. The van der Waals surface area contributed by atoms with Gasteiger partial charge in [0.05, 0.1) is 32.9 Å². The maximum absolute atomic E-state index is 13.1. The van der Waals surface area contributed by atoms with Gasteiger partial charge in [-0.25, -0.2) is 4.79 Å². The lowest BCUT2D eigenvalue weighted by atomic mass is 9.93. The van der Waals surface area contributed by atoms with Gasteiger partial charge in [-0.2, -0.15) is 0 Å². The molecule has 9 heteroatoms. The van der Waals surface area contributed by atoms with Crippen LogP contribution >= 0.6 is 11.6 Å². The van der Waals surface area contributed by atoms with Crippen LogP contribution in [0.2, 0.25) is 5.02 Å². The first-order valence-electron chi connectivity index (χ1n) is 9.03. The van der Waals surface area contributed by atoms with Crippen LogP contribution < -0.4 is 30.2 Å². The van der Waals surface area contributed by atoms with Crippen LogP contribution in [-0.2, 0) is 4.79 Å². The molecule has 1 unspecified atom stereocenters. The summed E-state index contributed by atoms with van der Waals surface area (Å²) >= 11 is 5.91. The van der Waals surface area contributed by atoms with Gasteiger partial charge in [0.25, 0.3) is 5.91 Å². The standard InChI is InChI=1S/C21H22ClN3O5/c1-11-18(20(26)24-13-7-5-12(22)6-8-13)19(25-21(27)23-11)14-9-16(29-3)17(30-4)10-15(14)28-2/h5-10,19H,1-4H3,(H,24,26)(H2,23,25,27). The average Bonchev–Trinajstić information content (AvgIpc) is 2.73. The van der Waals surface area contributed by atoms with Crippen molar-refractivity contribution < 1.29 is 23.8 Å². The van der Waals surface area contributed by atoms with E-state index in [1.165, 1.54) is 21.3 Å². The number of anilines is 1. The van der Waals surface area contributed by atoms with Crippen LogP contribution in [0, 0.1) is 0 Å². The Balaban J connectivity index is 2.05. The van der Waals surface area contributed by atoms with Crippen molar-refractivity contribution in [2.45, 2.75) is 13.0 Å². The van der Waals surface area contributed by atoms with Gasteiger partial charge in [-0.05, 0) is 37.3 Å². The molecule has 0 saturated heterocycles. The van der Waals surface area contributed by atoms with Gasteiger partial charge in [0, 0.05) is 28.0 Å². The minimum atomic E-state index is -0.777. The number of rotatable bonds is 6. The highest BCUT2D eigenvalue weighted by molar-refractivity contribution is 6.30. The number of hydrogen-bond donors (Lipinski definition) is 3. The molecule has 1 atom stereocenters. The molecule has 0 spiro atoms. The average molecular weight is 432 g/mol. The van der Waals surface area contributed by atoms with Gasteiger partial charge in [0.15, 0.2) is 11.5 Å². The van der Waals surface area contributed by atoms with Crippen molar-refractivity contribution in [3.63, 3.8) is 0 Å². The fourth-order valence-corrected chi connectivity index (χ4v) is 3.36. The summed E-state index contributed by atoms with van der Waals surface area (Å²) in [6, 6.07) is 8.84. The fraction of sp³-hybridized carbons (Fsp3) is 0.238. The molecule has 3 rings (SSSR count). The Morgan fingerprint density at radius 2 is 1.60 bits per heavy atom. The first kappa shape index (κ1) is 21.3. The minimum Gasteiger partial charge on any atom is -0.496 e. The number of ether oxygens (including phenoxy) is 3. The molecule has 3 amide bonds. The lowest BCUT2D eigenvalue weighted by Gasteiger charge is -2.30. The molecule has 30 heavy (non-hydrogen) atoms. The third-order valence-electron chi connectivity index (χ3n) is 4.66. The number of amides is 3. The highest BCUT2D eigenvalue weighted by Gasteiger charge is 2.34. The number of hydrogen-bond acceptors (Lipinski definition) is 5. The van der Waals surface area contributed by atoms with Crippen LogP contribution in [0.5, 0.6) is 17.2 Å². The van der Waals surface area contributed by atoms with Crippen LogP contribution in [0.4, 0.5) is 10.5 Å². The van der Waals surface area contributed by atoms with Gasteiger partial charge in [-0.3, -0.25) is 4.79 Å². The van der Waals surface area contributed by atoms with Crippen molar-refractivity contribution in [3.05, 3.63) is 58.3 Å². The third-order valence-corrected chi connectivity index (χ3v) is 4.91. The number of urea groups is 1. The summed E-state index contributed by atoms with van der Waals surface area (Å²) in [7, 11) is 4.51. The number of carbonyl (C=O) groups excluding carboxylic acids is 2. The summed E-state index contributed by atoms with van der Waals surface area (Å²) in [6.07, 6.45) is 0. The zero-order valence-corrected chi connectivity index (χ0v) is 17.7. The number of carbonyl (C=O) groups is 2. The van der Waals surface area contributed by atoms with E-state index in [0.717, 1.165) is 0 Å². The molecule has 158 valence electrons. The summed E-state index contributed by atoms with van der Waals surface area (Å²) in [4.78, 5) is 25.3. The molecule has 0 saturated carbocycles. The van der Waals surface area contributed by atoms with Gasteiger partial charge >= 0.3 is 6.03 Å². The molecule has 2 aromatic rings. The van der Waals surface area contributed by atoms with Gasteiger partial charge in [0.1, 0.15) is 5.75 Å². The van der Waals surface area contributed by atoms with E-state index in [1.807, 2.05) is 0 Å². The Hall–Kier alpha value is -3.39. The van der Waals surface area contributed by atoms with Crippen molar-refractivity contribution in [1.82, 2.24) is 10.6 Å². The van der Waals surface area contributed by atoms with E-state index in [-0.39, 0.29) is 5.91 Å². The van der Waals surface area contributed by atoms with Gasteiger partial charge in [0.2, 0.25) is 0 Å². The fourth-order valence-electron chi connectivity index (χ4n) is 3.24. The van der Waals surface area contributed by atoms with Crippen molar-refractivity contribution in [2.24, 2.45) is 0 Å². The quantitative estimate of drug-likeness (QED) is 0.648. The summed E-state index contributed by atoms with van der Waals surface area (Å²) in [5.41, 5.74) is 1.87. The molecule has 0 aliphatic carbocycles. The van der Waals surface area contributed by atoms with Crippen LogP contribution in [0.15, 0.2) is 47.7 Å². The number of nitrogens with one attached hydrogen (secondary N) is 3. The summed E-state index contributed by atoms with van der Waals surface area (Å²) in [5, 5.41) is 8.82. The molecule has 2 aromatic carbocycles. The second kappa shape index (κ2) is 8.96.